The van der Waals surface area contributed by atoms with E-state index >= 15 is 0 Å². The van der Waals surface area contributed by atoms with Crippen LogP contribution in [0.15, 0.2) is 72.3 Å². The molecule has 0 aromatic heterocycles. The summed E-state index contributed by atoms with van der Waals surface area (Å²) in [6.45, 7) is 9.05. The Labute approximate surface area is 222 Å². The largest absolute Gasteiger partial charge is 0.507 e. The topological polar surface area (TPSA) is 93.1 Å². The van der Waals surface area contributed by atoms with E-state index in [4.69, 9.17) is 9.47 Å². The summed E-state index contributed by atoms with van der Waals surface area (Å²) in [7, 11) is 0. The number of rotatable bonds is 7. The molecule has 196 valence electrons. The number of aryl methyl sites for hydroxylation is 2. The van der Waals surface area contributed by atoms with Gasteiger partial charge in [0.05, 0.1) is 17.7 Å². The van der Waals surface area contributed by atoms with Crippen molar-refractivity contribution in [1.82, 2.24) is 0 Å². The molecule has 0 saturated carbocycles. The Balaban J connectivity index is 1.86. The molecule has 1 aliphatic heterocycles. The van der Waals surface area contributed by atoms with Crippen LogP contribution in [0.2, 0.25) is 0 Å². The number of aliphatic hydroxyl groups is 1. The summed E-state index contributed by atoms with van der Waals surface area (Å²) < 4.78 is 11.0. The average Bonchev–Trinajstić information content (AvgIpc) is 3.15. The summed E-state index contributed by atoms with van der Waals surface area (Å²) in [6, 6.07) is 18.2. The summed E-state index contributed by atoms with van der Waals surface area (Å²) in [6.07, 6.45) is 0.809. The number of Topliss-reactive ketones (excluding diaryl/α,β-unsaturated/α-hetero) is 1. The predicted octanol–water partition coefficient (Wildman–Crippen LogP) is 5.90. The van der Waals surface area contributed by atoms with Crippen molar-refractivity contribution in [2.75, 3.05) is 4.90 Å². The molecule has 0 radical (unpaired) electrons. The quantitative estimate of drug-likeness (QED) is 0.139. The highest BCUT2D eigenvalue weighted by Gasteiger charge is 2.47. The van der Waals surface area contributed by atoms with Crippen LogP contribution in [0.1, 0.15) is 56.0 Å². The Morgan fingerprint density at radius 1 is 1.00 bits per heavy atom. The fourth-order valence-electron chi connectivity index (χ4n) is 4.53. The Bertz CT molecular complexity index is 1400. The zero-order valence-corrected chi connectivity index (χ0v) is 22.1. The number of anilines is 1. The molecule has 1 fully saturated rings. The average molecular weight is 514 g/mol. The van der Waals surface area contributed by atoms with Crippen molar-refractivity contribution in [2.45, 2.75) is 53.2 Å². The van der Waals surface area contributed by atoms with Crippen molar-refractivity contribution in [1.29, 1.82) is 0 Å². The Kier molecular flexibility index (Phi) is 7.67. The van der Waals surface area contributed by atoms with E-state index in [0.29, 0.717) is 28.3 Å². The summed E-state index contributed by atoms with van der Waals surface area (Å²) >= 11 is 0. The van der Waals surface area contributed by atoms with Gasteiger partial charge in [-0.3, -0.25) is 19.3 Å². The minimum atomic E-state index is -0.888. The van der Waals surface area contributed by atoms with Crippen LogP contribution in [0.3, 0.4) is 0 Å². The SMILES string of the molecule is CCc1ccc(N2C(=O)C(=O)/C(=C(\O)c3ccc(OC(C)C)c(C)c3)C2c2ccc(OC(C)=O)cc2)cc1. The first-order chi connectivity index (χ1) is 18.1. The highest BCUT2D eigenvalue weighted by molar-refractivity contribution is 6.51. The van der Waals surface area contributed by atoms with Crippen molar-refractivity contribution < 1.29 is 29.0 Å². The zero-order chi connectivity index (χ0) is 27.6. The third-order valence-corrected chi connectivity index (χ3v) is 6.34. The molecule has 1 unspecified atom stereocenters. The zero-order valence-electron chi connectivity index (χ0n) is 22.1. The van der Waals surface area contributed by atoms with Crippen molar-refractivity contribution in [3.05, 3.63) is 94.6 Å². The van der Waals surface area contributed by atoms with Gasteiger partial charge in [-0.25, -0.2) is 0 Å². The number of hydrogen-bond donors (Lipinski definition) is 1. The molecule has 1 aliphatic rings. The molecule has 0 aliphatic carbocycles. The van der Waals surface area contributed by atoms with Crippen LogP contribution >= 0.6 is 0 Å². The van der Waals surface area contributed by atoms with Crippen molar-refractivity contribution in [3.63, 3.8) is 0 Å². The molecule has 0 spiro atoms. The highest BCUT2D eigenvalue weighted by atomic mass is 16.5. The molecule has 4 rings (SSSR count). The van der Waals surface area contributed by atoms with Gasteiger partial charge in [-0.15, -0.1) is 0 Å². The third kappa shape index (κ3) is 5.32. The number of ketones is 1. The van der Waals surface area contributed by atoms with Crippen LogP contribution in [0.4, 0.5) is 5.69 Å². The maximum Gasteiger partial charge on any atom is 0.308 e. The molecule has 38 heavy (non-hydrogen) atoms. The summed E-state index contributed by atoms with van der Waals surface area (Å²) in [5.41, 5.74) is 3.37. The molecule has 1 heterocycles. The minimum Gasteiger partial charge on any atom is -0.507 e. The number of carbonyl (C=O) groups excluding carboxylic acids is 3. The molecule has 1 atom stereocenters. The molecule has 7 nitrogen and oxygen atoms in total. The number of hydrogen-bond acceptors (Lipinski definition) is 6. The Morgan fingerprint density at radius 3 is 2.21 bits per heavy atom. The Hall–Kier alpha value is -4.39. The van der Waals surface area contributed by atoms with Gasteiger partial charge < -0.3 is 14.6 Å². The van der Waals surface area contributed by atoms with E-state index in [1.54, 1.807) is 54.6 Å². The van der Waals surface area contributed by atoms with Gasteiger partial charge in [0.1, 0.15) is 17.3 Å². The maximum absolute atomic E-state index is 13.4. The minimum absolute atomic E-state index is 0.0208. The third-order valence-electron chi connectivity index (χ3n) is 6.34. The van der Waals surface area contributed by atoms with Crippen LogP contribution in [-0.2, 0) is 20.8 Å². The second-order valence-electron chi connectivity index (χ2n) is 9.50. The van der Waals surface area contributed by atoms with Crippen LogP contribution in [-0.4, -0.2) is 28.9 Å². The van der Waals surface area contributed by atoms with E-state index in [1.165, 1.54) is 11.8 Å². The number of benzene rings is 3. The molecule has 1 saturated heterocycles. The molecular formula is C31H31NO6. The Morgan fingerprint density at radius 2 is 1.66 bits per heavy atom. The van der Waals surface area contributed by atoms with E-state index in [0.717, 1.165) is 17.5 Å². The molecule has 3 aromatic rings. The van der Waals surface area contributed by atoms with Gasteiger partial charge in [0, 0.05) is 18.2 Å². The van der Waals surface area contributed by atoms with Crippen LogP contribution in [0.5, 0.6) is 11.5 Å². The number of aliphatic hydroxyl groups excluding tert-OH is 1. The van der Waals surface area contributed by atoms with Crippen LogP contribution < -0.4 is 14.4 Å². The normalized spacial score (nSPS) is 16.7. The molecule has 0 bridgehead atoms. The first-order valence-electron chi connectivity index (χ1n) is 12.6. The van der Waals surface area contributed by atoms with Crippen molar-refractivity contribution in [2.24, 2.45) is 0 Å². The number of nitrogens with zero attached hydrogens (tertiary/aromatic N) is 1. The maximum atomic E-state index is 13.4. The molecule has 1 amide bonds. The van der Waals surface area contributed by atoms with E-state index in [1.807, 2.05) is 39.8 Å². The summed E-state index contributed by atoms with van der Waals surface area (Å²) in [5, 5.41) is 11.4. The second-order valence-corrected chi connectivity index (χ2v) is 9.50. The molecule has 7 heteroatoms. The molecule has 1 N–H and O–H groups in total. The standard InChI is InChI=1S/C31H31NO6/c1-6-21-7-12-24(13-8-21)32-28(22-9-14-25(15-10-22)38-20(5)33)27(30(35)31(32)36)29(34)23-11-16-26(19(4)17-23)37-18(2)3/h7-18,28,34H,6H2,1-5H3/b29-27-. The van der Waals surface area contributed by atoms with Crippen molar-refractivity contribution >= 4 is 29.1 Å². The van der Waals surface area contributed by atoms with Gasteiger partial charge in [0.2, 0.25) is 0 Å². The van der Waals surface area contributed by atoms with E-state index in [9.17, 15) is 19.5 Å². The second kappa shape index (κ2) is 10.9. The van der Waals surface area contributed by atoms with Gasteiger partial charge in [0.15, 0.2) is 0 Å². The number of amides is 1. The fraction of sp³-hybridized carbons (Fsp3) is 0.258. The van der Waals surface area contributed by atoms with E-state index in [2.05, 4.69) is 0 Å². The molecule has 3 aromatic carbocycles. The number of esters is 1. The lowest BCUT2D eigenvalue weighted by Gasteiger charge is -2.26. The summed E-state index contributed by atoms with van der Waals surface area (Å²) in [4.78, 5) is 39.6. The van der Waals surface area contributed by atoms with Crippen molar-refractivity contribution in [3.8, 4) is 11.5 Å². The molecular weight excluding hydrogens is 482 g/mol. The lowest BCUT2D eigenvalue weighted by molar-refractivity contribution is -0.132. The van der Waals surface area contributed by atoms with Gasteiger partial charge >= 0.3 is 5.97 Å². The van der Waals surface area contributed by atoms with Gasteiger partial charge in [-0.2, -0.15) is 0 Å². The first kappa shape index (κ1) is 26.7. The number of carbonyl (C=O) groups is 3. The predicted molar refractivity (Wildman–Crippen MR) is 145 cm³/mol. The lowest BCUT2D eigenvalue weighted by atomic mass is 9.94. The highest BCUT2D eigenvalue weighted by Crippen LogP contribution is 2.43. The van der Waals surface area contributed by atoms with Gasteiger partial charge in [-0.1, -0.05) is 31.2 Å². The van der Waals surface area contributed by atoms with E-state index in [-0.39, 0.29) is 17.4 Å². The monoisotopic (exact) mass is 513 g/mol. The first-order valence-corrected chi connectivity index (χ1v) is 12.6. The fourth-order valence-corrected chi connectivity index (χ4v) is 4.53. The lowest BCUT2D eigenvalue weighted by Crippen LogP contribution is -2.29. The van der Waals surface area contributed by atoms with Crippen LogP contribution in [0.25, 0.3) is 5.76 Å². The summed E-state index contributed by atoms with van der Waals surface area (Å²) in [5.74, 6) is -1.24. The smallest absolute Gasteiger partial charge is 0.308 e. The van der Waals surface area contributed by atoms with Gasteiger partial charge in [0.25, 0.3) is 11.7 Å². The van der Waals surface area contributed by atoms with E-state index < -0.39 is 23.7 Å². The number of ether oxygens (including phenoxy) is 2. The van der Waals surface area contributed by atoms with Gasteiger partial charge in [-0.05, 0) is 86.3 Å². The van der Waals surface area contributed by atoms with Crippen LogP contribution in [0, 0.1) is 6.92 Å².